The Hall–Kier alpha value is -9.23. The molecule has 1 aliphatic rings. The minimum absolute atomic E-state index is 0. The number of ether oxygens (including phenoxy) is 1. The maximum atomic E-state index is 6.84. The molecule has 0 bridgehead atoms. The maximum absolute atomic E-state index is 6.84. The van der Waals surface area contributed by atoms with E-state index in [-0.39, 0.29) is 21.1 Å². The van der Waals surface area contributed by atoms with Crippen LogP contribution in [0.25, 0.3) is 120 Å². The summed E-state index contributed by atoms with van der Waals surface area (Å²) < 4.78 is 13.8. The Morgan fingerprint density at radius 2 is 1.03 bits per heavy atom. The van der Waals surface area contributed by atoms with E-state index in [1.807, 2.05) is 36.7 Å². The van der Waals surface area contributed by atoms with Crippen molar-refractivity contribution in [1.82, 2.24) is 28.5 Å². The number of hydrogen-bond donors (Lipinski definition) is 0. The predicted octanol–water partition coefficient (Wildman–Crippen LogP) is 15.9. The molecule has 0 radical (unpaired) electrons. The van der Waals surface area contributed by atoms with Crippen molar-refractivity contribution in [2.75, 3.05) is 4.90 Å². The monoisotopic (exact) mass is 1110 g/mol. The number of benzene rings is 9. The molecule has 6 aromatic heterocycles. The van der Waals surface area contributed by atoms with Crippen molar-refractivity contribution in [3.8, 4) is 22.6 Å². The zero-order chi connectivity index (χ0) is 47.0. The van der Waals surface area contributed by atoms with Crippen molar-refractivity contribution in [3.05, 3.63) is 231 Å². The molecule has 0 saturated carbocycles. The van der Waals surface area contributed by atoms with Gasteiger partial charge in [-0.05, 0) is 79.3 Å². The second-order valence-corrected chi connectivity index (χ2v) is 18.5. The number of rotatable bonds is 4. The fourth-order valence-electron chi connectivity index (χ4n) is 11.7. The summed E-state index contributed by atoms with van der Waals surface area (Å²) in [6.45, 7) is 2.15. The van der Waals surface area contributed by atoms with Gasteiger partial charge in [-0.3, -0.25) is 0 Å². The molecule has 0 fully saturated rings. The molecule has 0 unspecified atom stereocenters. The zero-order valence-electron chi connectivity index (χ0n) is 38.6. The van der Waals surface area contributed by atoms with E-state index in [0.29, 0.717) is 11.5 Å². The van der Waals surface area contributed by atoms with Crippen molar-refractivity contribution in [3.63, 3.8) is 0 Å². The molecule has 9 heteroatoms. The van der Waals surface area contributed by atoms with E-state index >= 15 is 0 Å². The standard InChI is InChI=1S/C64H36N7O.Pt/c1-2-15-39(16-3-1)43-24-11-25-50-46-21-5-4-19-44(46)45-20-6-7-23-49(45)59-63-58(37-66-67-59)68(38-69(63)60(43)50)40-17-10-18-41(35-40)72-42-32-33-48-52-27-13-29-54-53-28-12-26-51-47-22-8-9-30-55(47)70(61(51)53)56-31-14-34-65-64(56)71(62(52)54)57(48)36-42;/h1-34,37-38H;/q-3;. The van der Waals surface area contributed by atoms with Crippen molar-refractivity contribution in [2.45, 2.75) is 0 Å². The van der Waals surface area contributed by atoms with E-state index in [0.717, 1.165) is 110 Å². The van der Waals surface area contributed by atoms with Crippen LogP contribution in [0.1, 0.15) is 0 Å². The smallest absolute Gasteiger partial charge is 0.160 e. The van der Waals surface area contributed by atoms with Gasteiger partial charge in [0.25, 0.3) is 0 Å². The SMILES string of the molecule is [Pt].[c-]1c(Oc2[c-]c3c(cc2)c2cccc4c5cccc6c7ccccc7n(c7cccnc7n3c24)c65)cccc1N1[CH-]n2c3c(-c4ccccc4)cccc3c3ccccc3c3ccccc3c3nncc1c32. The van der Waals surface area contributed by atoms with Gasteiger partial charge in [-0.15, -0.1) is 35.7 Å². The van der Waals surface area contributed by atoms with Crippen LogP contribution in [0.5, 0.6) is 11.5 Å². The van der Waals surface area contributed by atoms with Gasteiger partial charge in [0.2, 0.25) is 0 Å². The fourth-order valence-corrected chi connectivity index (χ4v) is 11.7. The van der Waals surface area contributed by atoms with Gasteiger partial charge in [0.05, 0.1) is 28.3 Å². The number of fused-ring (bicyclic) bond motifs is 17. The van der Waals surface area contributed by atoms with Gasteiger partial charge < -0.3 is 23.0 Å². The summed E-state index contributed by atoms with van der Waals surface area (Å²) in [5.74, 6) is 1.10. The van der Waals surface area contributed by atoms with Crippen LogP contribution in [0.4, 0.5) is 11.4 Å². The first-order valence-electron chi connectivity index (χ1n) is 24.1. The molecule has 16 rings (SSSR count). The molecule has 0 aliphatic carbocycles. The first kappa shape index (κ1) is 41.5. The van der Waals surface area contributed by atoms with E-state index in [1.54, 1.807) is 0 Å². The number of para-hydroxylation sites is 4. The Balaban J connectivity index is 0.00000473. The molecule has 9 aromatic carbocycles. The fraction of sp³-hybridized carbons (Fsp3) is 0. The van der Waals surface area contributed by atoms with Crippen LogP contribution in [-0.4, -0.2) is 28.5 Å². The molecule has 8 nitrogen and oxygen atoms in total. The Bertz CT molecular complexity index is 4900. The van der Waals surface area contributed by atoms with Gasteiger partial charge >= 0.3 is 0 Å². The molecule has 346 valence electrons. The van der Waals surface area contributed by atoms with E-state index in [9.17, 15) is 0 Å². The largest absolute Gasteiger partial charge is 0.509 e. The molecular weight excluding hydrogens is 1080 g/mol. The van der Waals surface area contributed by atoms with E-state index < -0.39 is 0 Å². The van der Waals surface area contributed by atoms with Crippen LogP contribution < -0.4 is 9.64 Å². The third-order valence-corrected chi connectivity index (χ3v) is 14.7. The molecule has 15 aromatic rings. The Morgan fingerprint density at radius 1 is 0.438 bits per heavy atom. The van der Waals surface area contributed by atoms with Gasteiger partial charge in [0.1, 0.15) is 0 Å². The molecule has 73 heavy (non-hydrogen) atoms. The van der Waals surface area contributed by atoms with Crippen LogP contribution >= 0.6 is 0 Å². The molecule has 1 aliphatic heterocycles. The van der Waals surface area contributed by atoms with Gasteiger partial charge in [0, 0.05) is 71.5 Å². The van der Waals surface area contributed by atoms with Crippen LogP contribution in [0.2, 0.25) is 0 Å². The summed E-state index contributed by atoms with van der Waals surface area (Å²) in [4.78, 5) is 7.30. The molecule has 0 spiro atoms. The number of nitrogens with zero attached hydrogens (tertiary/aromatic N) is 7. The summed E-state index contributed by atoms with van der Waals surface area (Å²) in [6.07, 6.45) is 3.73. The first-order valence-corrected chi connectivity index (χ1v) is 24.1. The van der Waals surface area contributed by atoms with Crippen LogP contribution in [0, 0.1) is 18.8 Å². The average molecular weight is 1110 g/mol. The maximum Gasteiger partial charge on any atom is 0.160 e. The molecule has 7 heterocycles. The summed E-state index contributed by atoms with van der Waals surface area (Å²) in [7, 11) is 0. The molecule has 0 atom stereocenters. The number of anilines is 2. The Kier molecular flexibility index (Phi) is 9.04. The summed E-state index contributed by atoms with van der Waals surface area (Å²) >= 11 is 0. The van der Waals surface area contributed by atoms with Gasteiger partial charge in [-0.2, -0.15) is 22.3 Å². The minimum atomic E-state index is 0. The predicted molar refractivity (Wildman–Crippen MR) is 293 cm³/mol. The van der Waals surface area contributed by atoms with Gasteiger partial charge in [0.15, 0.2) is 5.65 Å². The van der Waals surface area contributed by atoms with Crippen molar-refractivity contribution in [2.24, 2.45) is 0 Å². The third kappa shape index (κ3) is 5.93. The summed E-state index contributed by atoms with van der Waals surface area (Å²) in [6, 6.07) is 78.1. The van der Waals surface area contributed by atoms with E-state index in [4.69, 9.17) is 19.9 Å². The zero-order valence-corrected chi connectivity index (χ0v) is 40.9. The topological polar surface area (TPSA) is 64.9 Å². The van der Waals surface area contributed by atoms with Crippen molar-refractivity contribution >= 4 is 120 Å². The minimum Gasteiger partial charge on any atom is -0.509 e. The average Bonchev–Trinajstić information content (AvgIpc) is 4.11. The van der Waals surface area contributed by atoms with E-state index in [2.05, 4.69) is 213 Å². The summed E-state index contributed by atoms with van der Waals surface area (Å²) in [5.41, 5.74) is 12.7. The summed E-state index contributed by atoms with van der Waals surface area (Å²) in [5, 5.41) is 22.0. The van der Waals surface area contributed by atoms with Crippen molar-refractivity contribution in [1.29, 1.82) is 0 Å². The number of pyridine rings is 1. The van der Waals surface area contributed by atoms with Gasteiger partial charge in [-0.1, -0.05) is 163 Å². The van der Waals surface area contributed by atoms with Crippen LogP contribution in [0.15, 0.2) is 213 Å². The quantitative estimate of drug-likeness (QED) is 0.164. The normalized spacial score (nSPS) is 12.4. The van der Waals surface area contributed by atoms with Crippen LogP contribution in [-0.2, 0) is 21.1 Å². The van der Waals surface area contributed by atoms with Crippen molar-refractivity contribution < 1.29 is 25.8 Å². The molecule has 0 saturated heterocycles. The molecule has 0 N–H and O–H groups in total. The van der Waals surface area contributed by atoms with E-state index in [1.165, 1.54) is 21.7 Å². The second kappa shape index (κ2) is 15.9. The molecular formula is C64H36N7OPt-3. The number of aromatic nitrogens is 6. The van der Waals surface area contributed by atoms with Crippen LogP contribution in [0.3, 0.4) is 0 Å². The molecule has 0 amide bonds. The second-order valence-electron chi connectivity index (χ2n) is 18.5. The number of hydrogen-bond acceptors (Lipinski definition) is 5. The Morgan fingerprint density at radius 3 is 1.82 bits per heavy atom. The Labute approximate surface area is 431 Å². The third-order valence-electron chi connectivity index (χ3n) is 14.7. The van der Waals surface area contributed by atoms with Gasteiger partial charge in [-0.25, -0.2) is 4.98 Å². The first-order chi connectivity index (χ1) is 35.7.